The van der Waals surface area contributed by atoms with Crippen LogP contribution in [0.3, 0.4) is 0 Å². The van der Waals surface area contributed by atoms with Gasteiger partial charge in [0.1, 0.15) is 11.0 Å². The zero-order valence-corrected chi connectivity index (χ0v) is 22.5. The average molecular weight is 515 g/mol. The number of benzene rings is 4. The molecule has 3 heterocycles. The quantitative estimate of drug-likeness (QED) is 0.187. The Hall–Kier alpha value is -3.65. The molecule has 0 radical (unpaired) electrons. The number of pyridine rings is 1. The number of hydrogen-bond acceptors (Lipinski definition) is 6. The van der Waals surface area contributed by atoms with Gasteiger partial charge in [-0.25, -0.2) is 4.98 Å². The highest BCUT2D eigenvalue weighted by atomic mass is 32.1. The highest BCUT2D eigenvalue weighted by Gasteiger charge is 2.51. The van der Waals surface area contributed by atoms with Gasteiger partial charge < -0.3 is 9.31 Å². The summed E-state index contributed by atoms with van der Waals surface area (Å²) in [6, 6.07) is 29.3. The van der Waals surface area contributed by atoms with Crippen LogP contribution in [0, 0.1) is 0 Å². The molecule has 4 aromatic carbocycles. The van der Waals surface area contributed by atoms with Crippen molar-refractivity contribution in [3.05, 3.63) is 84.9 Å². The Labute approximate surface area is 225 Å². The van der Waals surface area contributed by atoms with E-state index >= 15 is 0 Å². The van der Waals surface area contributed by atoms with Crippen LogP contribution in [0.1, 0.15) is 27.7 Å². The van der Waals surface area contributed by atoms with E-state index < -0.39 is 18.3 Å². The lowest BCUT2D eigenvalue weighted by Crippen LogP contribution is -2.41. The first kappa shape index (κ1) is 23.5. The number of rotatable bonds is 3. The third-order valence-electron chi connectivity index (χ3n) is 7.97. The third kappa shape index (κ3) is 3.57. The van der Waals surface area contributed by atoms with Crippen molar-refractivity contribution in [2.24, 2.45) is 0 Å². The SMILES string of the molecule is CC1(C)OB(c2ccc3c(c2)nc(-c2ccccc2)c2cc(-c4ccccc4)c4nsnc4c23)OC1(C)C. The van der Waals surface area contributed by atoms with Gasteiger partial charge in [-0.05, 0) is 50.9 Å². The highest BCUT2D eigenvalue weighted by molar-refractivity contribution is 7.00. The highest BCUT2D eigenvalue weighted by Crippen LogP contribution is 2.41. The van der Waals surface area contributed by atoms with Gasteiger partial charge in [0.05, 0.1) is 34.1 Å². The molecule has 0 spiro atoms. The molecule has 7 rings (SSSR count). The minimum Gasteiger partial charge on any atom is -0.399 e. The van der Waals surface area contributed by atoms with Crippen LogP contribution in [0.5, 0.6) is 0 Å². The number of nitrogens with zero attached hydrogens (tertiary/aromatic N) is 3. The largest absolute Gasteiger partial charge is 0.494 e. The van der Waals surface area contributed by atoms with Gasteiger partial charge in [-0.2, -0.15) is 8.75 Å². The summed E-state index contributed by atoms with van der Waals surface area (Å²) < 4.78 is 22.3. The number of hydrogen-bond donors (Lipinski definition) is 0. The van der Waals surface area contributed by atoms with E-state index in [1.165, 1.54) is 11.7 Å². The Kier molecular flexibility index (Phi) is 5.21. The Morgan fingerprint density at radius 1 is 0.684 bits per heavy atom. The van der Waals surface area contributed by atoms with Crippen LogP contribution in [0.15, 0.2) is 84.9 Å². The van der Waals surface area contributed by atoms with E-state index in [2.05, 4.69) is 100 Å². The van der Waals surface area contributed by atoms with Crippen molar-refractivity contribution < 1.29 is 9.31 Å². The Balaban J connectivity index is 1.53. The summed E-state index contributed by atoms with van der Waals surface area (Å²) in [4.78, 5) is 5.25. The molecule has 1 aliphatic rings. The molecule has 0 saturated carbocycles. The van der Waals surface area contributed by atoms with Gasteiger partial charge in [0.25, 0.3) is 0 Å². The minimum absolute atomic E-state index is 0.412. The molecule has 1 aliphatic heterocycles. The minimum atomic E-state index is -0.455. The summed E-state index contributed by atoms with van der Waals surface area (Å²) in [5, 5.41) is 3.17. The van der Waals surface area contributed by atoms with Gasteiger partial charge in [-0.3, -0.25) is 0 Å². The molecule has 7 heteroatoms. The van der Waals surface area contributed by atoms with Crippen LogP contribution < -0.4 is 5.46 Å². The van der Waals surface area contributed by atoms with E-state index in [0.717, 1.165) is 60.6 Å². The maximum atomic E-state index is 6.35. The Bertz CT molecular complexity index is 1820. The summed E-state index contributed by atoms with van der Waals surface area (Å²) in [5.74, 6) is 0. The predicted molar refractivity (Wildman–Crippen MR) is 157 cm³/mol. The molecule has 0 atom stereocenters. The van der Waals surface area contributed by atoms with Gasteiger partial charge in [-0.1, -0.05) is 72.8 Å². The van der Waals surface area contributed by atoms with E-state index in [0.29, 0.717) is 0 Å². The van der Waals surface area contributed by atoms with Crippen molar-refractivity contribution in [1.29, 1.82) is 0 Å². The lowest BCUT2D eigenvalue weighted by molar-refractivity contribution is 0.00578. The number of aromatic nitrogens is 3. The molecular weight excluding hydrogens is 489 g/mol. The molecule has 0 amide bonds. The maximum Gasteiger partial charge on any atom is 0.494 e. The molecular formula is C31H26BN3O2S. The zero-order valence-electron chi connectivity index (χ0n) is 21.7. The molecule has 0 unspecified atom stereocenters. The predicted octanol–water partition coefficient (Wildman–Crippen LogP) is 7.03. The van der Waals surface area contributed by atoms with Crippen molar-refractivity contribution in [3.63, 3.8) is 0 Å². The summed E-state index contributed by atoms with van der Waals surface area (Å²) in [6.45, 7) is 8.29. The van der Waals surface area contributed by atoms with Crippen molar-refractivity contribution >= 4 is 57.0 Å². The molecule has 1 saturated heterocycles. The number of fused-ring (bicyclic) bond motifs is 5. The van der Waals surface area contributed by atoms with Gasteiger partial charge in [0, 0.05) is 27.3 Å². The molecule has 0 aliphatic carbocycles. The molecule has 38 heavy (non-hydrogen) atoms. The maximum absolute atomic E-state index is 6.35. The van der Waals surface area contributed by atoms with E-state index in [9.17, 15) is 0 Å². The normalized spacial score (nSPS) is 16.6. The van der Waals surface area contributed by atoms with Crippen LogP contribution in [-0.4, -0.2) is 32.1 Å². The summed E-state index contributed by atoms with van der Waals surface area (Å²) in [5.41, 5.74) is 6.98. The van der Waals surface area contributed by atoms with Gasteiger partial charge in [-0.15, -0.1) is 0 Å². The van der Waals surface area contributed by atoms with Gasteiger partial charge in [0.15, 0.2) is 0 Å². The Morgan fingerprint density at radius 3 is 2.00 bits per heavy atom. The molecule has 0 N–H and O–H groups in total. The van der Waals surface area contributed by atoms with Crippen LogP contribution in [0.25, 0.3) is 55.1 Å². The molecule has 5 nitrogen and oxygen atoms in total. The first-order chi connectivity index (χ1) is 18.3. The Morgan fingerprint density at radius 2 is 1.32 bits per heavy atom. The monoisotopic (exact) mass is 515 g/mol. The van der Waals surface area contributed by atoms with E-state index in [1.807, 2.05) is 12.1 Å². The second kappa shape index (κ2) is 8.43. The first-order valence-electron chi connectivity index (χ1n) is 12.8. The topological polar surface area (TPSA) is 57.1 Å². The first-order valence-corrected chi connectivity index (χ1v) is 13.5. The van der Waals surface area contributed by atoms with Crippen LogP contribution >= 0.6 is 11.7 Å². The van der Waals surface area contributed by atoms with Crippen molar-refractivity contribution in [2.75, 3.05) is 0 Å². The van der Waals surface area contributed by atoms with Crippen molar-refractivity contribution in [3.8, 4) is 22.4 Å². The lowest BCUT2D eigenvalue weighted by atomic mass is 9.78. The smallest absolute Gasteiger partial charge is 0.399 e. The van der Waals surface area contributed by atoms with Crippen LogP contribution in [0.4, 0.5) is 0 Å². The van der Waals surface area contributed by atoms with Crippen LogP contribution in [0.2, 0.25) is 0 Å². The van der Waals surface area contributed by atoms with E-state index in [-0.39, 0.29) is 0 Å². The molecule has 186 valence electrons. The summed E-state index contributed by atoms with van der Waals surface area (Å²) in [7, 11) is -0.455. The van der Waals surface area contributed by atoms with Crippen LogP contribution in [-0.2, 0) is 9.31 Å². The fraction of sp³-hybridized carbons (Fsp3) is 0.194. The summed E-state index contributed by atoms with van der Waals surface area (Å²) in [6.07, 6.45) is 0. The third-order valence-corrected chi connectivity index (χ3v) is 8.50. The van der Waals surface area contributed by atoms with Crippen molar-refractivity contribution in [1.82, 2.24) is 13.7 Å². The van der Waals surface area contributed by atoms with Gasteiger partial charge in [0.2, 0.25) is 0 Å². The average Bonchev–Trinajstić information content (AvgIpc) is 3.50. The van der Waals surface area contributed by atoms with E-state index in [1.54, 1.807) is 0 Å². The second-order valence-corrected chi connectivity index (χ2v) is 11.4. The van der Waals surface area contributed by atoms with Gasteiger partial charge >= 0.3 is 7.12 Å². The van der Waals surface area contributed by atoms with E-state index in [4.69, 9.17) is 23.0 Å². The van der Waals surface area contributed by atoms with Crippen molar-refractivity contribution in [2.45, 2.75) is 38.9 Å². The molecule has 2 aromatic heterocycles. The molecule has 0 bridgehead atoms. The fourth-order valence-corrected chi connectivity index (χ4v) is 5.78. The standard InChI is InChI=1S/C31H26BN3O2S/c1-30(2)31(3,4)37-32(36-30)21-15-16-22-25(17-21)33-27(20-13-9-6-10-14-20)24-18-23(19-11-7-5-8-12-19)28-29(26(22)24)35-38-34-28/h5-18H,1-4H3. The zero-order chi connectivity index (χ0) is 26.1. The summed E-state index contributed by atoms with van der Waals surface area (Å²) >= 11 is 1.25. The second-order valence-electron chi connectivity index (χ2n) is 10.9. The molecule has 6 aromatic rings. The lowest BCUT2D eigenvalue weighted by Gasteiger charge is -2.32. The fourth-order valence-electron chi connectivity index (χ4n) is 5.21. The molecule has 1 fully saturated rings.